The van der Waals surface area contributed by atoms with Crippen molar-refractivity contribution in [3.63, 3.8) is 0 Å². The predicted octanol–water partition coefficient (Wildman–Crippen LogP) is 6.69. The largest absolute Gasteiger partial charge is 0.248 e. The Labute approximate surface area is 149 Å². The van der Waals surface area contributed by atoms with Gasteiger partial charge in [-0.2, -0.15) is 0 Å². The Bertz CT molecular complexity index is 999. The number of para-hydroxylation sites is 1. The molecule has 0 aliphatic heterocycles. The van der Waals surface area contributed by atoms with E-state index in [0.717, 1.165) is 16.8 Å². The van der Waals surface area contributed by atoms with E-state index in [1.807, 2.05) is 6.07 Å². The number of hydrogen-bond acceptors (Lipinski definition) is 1. The monoisotopic (exact) mass is 323 g/mol. The van der Waals surface area contributed by atoms with E-state index in [4.69, 9.17) is 4.98 Å². The zero-order valence-electron chi connectivity index (χ0n) is 14.6. The van der Waals surface area contributed by atoms with Crippen molar-refractivity contribution in [2.24, 2.45) is 0 Å². The van der Waals surface area contributed by atoms with E-state index in [0.29, 0.717) is 5.92 Å². The van der Waals surface area contributed by atoms with Gasteiger partial charge in [0.15, 0.2) is 0 Å². The number of benzene rings is 3. The van der Waals surface area contributed by atoms with Crippen LogP contribution in [0, 0.1) is 0 Å². The van der Waals surface area contributed by atoms with Crippen molar-refractivity contribution in [3.8, 4) is 22.4 Å². The Morgan fingerprint density at radius 3 is 2.08 bits per heavy atom. The third-order valence-electron chi connectivity index (χ3n) is 4.67. The first-order chi connectivity index (χ1) is 12.2. The summed E-state index contributed by atoms with van der Waals surface area (Å²) < 4.78 is 0. The van der Waals surface area contributed by atoms with E-state index < -0.39 is 0 Å². The van der Waals surface area contributed by atoms with Crippen molar-refractivity contribution in [2.75, 3.05) is 0 Å². The van der Waals surface area contributed by atoms with Crippen LogP contribution in [0.25, 0.3) is 33.3 Å². The summed E-state index contributed by atoms with van der Waals surface area (Å²) in [4.78, 5) is 4.88. The van der Waals surface area contributed by atoms with Crippen LogP contribution in [-0.4, -0.2) is 4.98 Å². The van der Waals surface area contributed by atoms with Crippen LogP contribution in [0.1, 0.15) is 25.3 Å². The number of fused-ring (bicyclic) bond motifs is 1. The fourth-order valence-corrected chi connectivity index (χ4v) is 3.22. The molecule has 0 bridgehead atoms. The van der Waals surface area contributed by atoms with Crippen LogP contribution in [0.3, 0.4) is 0 Å². The first-order valence-corrected chi connectivity index (χ1v) is 8.78. The summed E-state index contributed by atoms with van der Waals surface area (Å²) in [6, 6.07) is 29.9. The van der Waals surface area contributed by atoms with Crippen LogP contribution in [0.4, 0.5) is 0 Å². The lowest BCUT2D eigenvalue weighted by atomic mass is 9.95. The third kappa shape index (κ3) is 3.06. The first kappa shape index (κ1) is 15.6. The smallest absolute Gasteiger partial charge is 0.0715 e. The molecule has 0 fully saturated rings. The number of hydrogen-bond donors (Lipinski definition) is 0. The van der Waals surface area contributed by atoms with Gasteiger partial charge in [0.1, 0.15) is 0 Å². The molecule has 0 saturated carbocycles. The summed E-state index contributed by atoms with van der Waals surface area (Å²) in [5, 5.41) is 1.19. The van der Waals surface area contributed by atoms with Crippen LogP contribution >= 0.6 is 0 Å². The number of aromatic nitrogens is 1. The Morgan fingerprint density at radius 1 is 0.680 bits per heavy atom. The molecule has 0 spiro atoms. The SMILES string of the molecule is CC(C)c1ccc(-c2cc(-c3ccccc3)nc3ccccc23)cc1. The summed E-state index contributed by atoms with van der Waals surface area (Å²) in [5.74, 6) is 0.545. The van der Waals surface area contributed by atoms with E-state index in [2.05, 4.69) is 92.7 Å². The molecule has 3 aromatic carbocycles. The Hall–Kier alpha value is -2.93. The van der Waals surface area contributed by atoms with Crippen LogP contribution in [0.2, 0.25) is 0 Å². The van der Waals surface area contributed by atoms with E-state index in [-0.39, 0.29) is 0 Å². The van der Waals surface area contributed by atoms with Gasteiger partial charge in [-0.3, -0.25) is 0 Å². The summed E-state index contributed by atoms with van der Waals surface area (Å²) in [5.41, 5.74) is 7.03. The zero-order chi connectivity index (χ0) is 17.2. The quantitative estimate of drug-likeness (QED) is 0.409. The second kappa shape index (κ2) is 6.52. The van der Waals surface area contributed by atoms with Gasteiger partial charge in [-0.1, -0.05) is 86.6 Å². The molecular formula is C24H21N. The van der Waals surface area contributed by atoms with E-state index >= 15 is 0 Å². The van der Waals surface area contributed by atoms with Gasteiger partial charge in [0.25, 0.3) is 0 Å². The lowest BCUT2D eigenvalue weighted by Crippen LogP contribution is -1.91. The van der Waals surface area contributed by atoms with Gasteiger partial charge in [0.05, 0.1) is 11.2 Å². The fourth-order valence-electron chi connectivity index (χ4n) is 3.22. The van der Waals surface area contributed by atoms with E-state index in [1.165, 1.54) is 22.1 Å². The topological polar surface area (TPSA) is 12.9 Å². The Morgan fingerprint density at radius 2 is 1.36 bits per heavy atom. The molecule has 0 atom stereocenters. The van der Waals surface area contributed by atoms with E-state index in [9.17, 15) is 0 Å². The zero-order valence-corrected chi connectivity index (χ0v) is 14.6. The average molecular weight is 323 g/mol. The van der Waals surface area contributed by atoms with Crippen LogP contribution in [-0.2, 0) is 0 Å². The van der Waals surface area contributed by atoms with Gasteiger partial charge in [-0.05, 0) is 34.7 Å². The number of nitrogens with zero attached hydrogens (tertiary/aromatic N) is 1. The highest BCUT2D eigenvalue weighted by atomic mass is 14.7. The standard InChI is InChI=1S/C24H21N/c1-17(2)18-12-14-19(15-13-18)22-16-24(20-8-4-3-5-9-20)25-23-11-7-6-10-21(22)23/h3-17H,1-2H3. The van der Waals surface area contributed by atoms with Gasteiger partial charge >= 0.3 is 0 Å². The van der Waals surface area contributed by atoms with Crippen LogP contribution in [0.15, 0.2) is 84.9 Å². The minimum atomic E-state index is 0.545. The van der Waals surface area contributed by atoms with Gasteiger partial charge in [-0.15, -0.1) is 0 Å². The summed E-state index contributed by atoms with van der Waals surface area (Å²) >= 11 is 0. The second-order valence-electron chi connectivity index (χ2n) is 6.71. The van der Waals surface area contributed by atoms with Gasteiger partial charge in [0.2, 0.25) is 0 Å². The maximum Gasteiger partial charge on any atom is 0.0715 e. The Kier molecular flexibility index (Phi) is 4.07. The fraction of sp³-hybridized carbons (Fsp3) is 0.125. The molecule has 4 rings (SSSR count). The second-order valence-corrected chi connectivity index (χ2v) is 6.71. The average Bonchev–Trinajstić information content (AvgIpc) is 2.68. The lowest BCUT2D eigenvalue weighted by Gasteiger charge is -2.12. The molecule has 1 heterocycles. The minimum absolute atomic E-state index is 0.545. The molecule has 122 valence electrons. The molecule has 1 aromatic heterocycles. The van der Waals surface area contributed by atoms with Crippen molar-refractivity contribution in [1.29, 1.82) is 0 Å². The maximum atomic E-state index is 4.88. The Balaban J connectivity index is 1.92. The molecule has 0 aliphatic rings. The molecule has 1 nitrogen and oxygen atoms in total. The summed E-state index contributed by atoms with van der Waals surface area (Å²) in [6.45, 7) is 4.45. The van der Waals surface area contributed by atoms with Gasteiger partial charge in [-0.25, -0.2) is 4.98 Å². The normalized spacial score (nSPS) is 11.2. The molecule has 25 heavy (non-hydrogen) atoms. The van der Waals surface area contributed by atoms with Crippen molar-refractivity contribution in [3.05, 3.63) is 90.5 Å². The molecule has 0 amide bonds. The first-order valence-electron chi connectivity index (χ1n) is 8.78. The highest BCUT2D eigenvalue weighted by Crippen LogP contribution is 2.32. The molecule has 0 N–H and O–H groups in total. The molecule has 1 heteroatoms. The van der Waals surface area contributed by atoms with Crippen molar-refractivity contribution >= 4 is 10.9 Å². The molecule has 0 aliphatic carbocycles. The molecule has 4 aromatic rings. The molecular weight excluding hydrogens is 302 g/mol. The number of pyridine rings is 1. The van der Waals surface area contributed by atoms with Crippen molar-refractivity contribution in [2.45, 2.75) is 19.8 Å². The highest BCUT2D eigenvalue weighted by molar-refractivity contribution is 5.96. The summed E-state index contributed by atoms with van der Waals surface area (Å²) in [7, 11) is 0. The van der Waals surface area contributed by atoms with Gasteiger partial charge < -0.3 is 0 Å². The summed E-state index contributed by atoms with van der Waals surface area (Å²) in [6.07, 6.45) is 0. The molecule has 0 unspecified atom stereocenters. The lowest BCUT2D eigenvalue weighted by molar-refractivity contribution is 0.867. The number of rotatable bonds is 3. The van der Waals surface area contributed by atoms with E-state index in [1.54, 1.807) is 0 Å². The maximum absolute atomic E-state index is 4.88. The highest BCUT2D eigenvalue weighted by Gasteiger charge is 2.09. The molecule has 0 saturated heterocycles. The minimum Gasteiger partial charge on any atom is -0.248 e. The van der Waals surface area contributed by atoms with Crippen LogP contribution in [0.5, 0.6) is 0 Å². The van der Waals surface area contributed by atoms with Crippen molar-refractivity contribution in [1.82, 2.24) is 4.98 Å². The molecule has 0 radical (unpaired) electrons. The van der Waals surface area contributed by atoms with Crippen LogP contribution < -0.4 is 0 Å². The van der Waals surface area contributed by atoms with Crippen molar-refractivity contribution < 1.29 is 0 Å². The van der Waals surface area contributed by atoms with Gasteiger partial charge in [0, 0.05) is 10.9 Å². The third-order valence-corrected chi connectivity index (χ3v) is 4.67. The predicted molar refractivity (Wildman–Crippen MR) is 107 cm³/mol.